The van der Waals surface area contributed by atoms with Crippen LogP contribution >= 0.6 is 0 Å². The SMILES string of the molecule is CCc1nnc(N2CCCCC2CO)nc1CC. The van der Waals surface area contributed by atoms with Crippen LogP contribution in [-0.2, 0) is 12.8 Å². The summed E-state index contributed by atoms with van der Waals surface area (Å²) in [5.74, 6) is 0.683. The van der Waals surface area contributed by atoms with Crippen LogP contribution in [0.1, 0.15) is 44.5 Å². The van der Waals surface area contributed by atoms with E-state index in [4.69, 9.17) is 0 Å². The van der Waals surface area contributed by atoms with Gasteiger partial charge < -0.3 is 10.0 Å². The van der Waals surface area contributed by atoms with Crippen molar-refractivity contribution < 1.29 is 5.11 Å². The first-order chi connectivity index (χ1) is 8.80. The van der Waals surface area contributed by atoms with E-state index in [0.717, 1.165) is 43.6 Å². The highest BCUT2D eigenvalue weighted by Crippen LogP contribution is 2.21. The molecule has 1 atom stereocenters. The summed E-state index contributed by atoms with van der Waals surface area (Å²) in [6.07, 6.45) is 5.06. The summed E-state index contributed by atoms with van der Waals surface area (Å²) in [7, 11) is 0. The lowest BCUT2D eigenvalue weighted by molar-refractivity contribution is 0.238. The van der Waals surface area contributed by atoms with E-state index in [1.807, 2.05) is 0 Å². The van der Waals surface area contributed by atoms with Crippen molar-refractivity contribution in [1.29, 1.82) is 0 Å². The fourth-order valence-electron chi connectivity index (χ4n) is 2.50. The smallest absolute Gasteiger partial charge is 0.245 e. The van der Waals surface area contributed by atoms with Gasteiger partial charge in [0.05, 0.1) is 24.0 Å². The molecular weight excluding hydrogens is 228 g/mol. The fraction of sp³-hybridized carbons (Fsp3) is 0.769. The molecule has 1 fully saturated rings. The number of hydrogen-bond donors (Lipinski definition) is 1. The predicted octanol–water partition coefficient (Wildman–Crippen LogP) is 1.35. The van der Waals surface area contributed by atoms with Gasteiger partial charge in [-0.3, -0.25) is 0 Å². The van der Waals surface area contributed by atoms with Crippen molar-refractivity contribution >= 4 is 5.95 Å². The Morgan fingerprint density at radius 2 is 1.94 bits per heavy atom. The van der Waals surface area contributed by atoms with E-state index in [1.54, 1.807) is 0 Å². The molecule has 100 valence electrons. The Hall–Kier alpha value is -1.23. The van der Waals surface area contributed by atoms with Crippen LogP contribution in [0, 0.1) is 0 Å². The third-order valence-corrected chi connectivity index (χ3v) is 3.59. The maximum atomic E-state index is 9.43. The number of aliphatic hydroxyl groups excluding tert-OH is 1. The molecule has 1 unspecified atom stereocenters. The van der Waals surface area contributed by atoms with Crippen LogP contribution in [0.3, 0.4) is 0 Å². The minimum absolute atomic E-state index is 0.151. The molecule has 0 saturated carbocycles. The number of rotatable bonds is 4. The van der Waals surface area contributed by atoms with Gasteiger partial charge in [-0.25, -0.2) is 4.98 Å². The highest BCUT2D eigenvalue weighted by atomic mass is 16.3. The normalized spacial score (nSPS) is 20.2. The van der Waals surface area contributed by atoms with E-state index in [1.165, 1.54) is 6.42 Å². The molecular formula is C13H22N4O. The van der Waals surface area contributed by atoms with Gasteiger partial charge in [-0.15, -0.1) is 5.10 Å². The first-order valence-electron chi connectivity index (χ1n) is 6.90. The molecule has 5 nitrogen and oxygen atoms in total. The molecule has 0 amide bonds. The molecule has 1 saturated heterocycles. The summed E-state index contributed by atoms with van der Waals surface area (Å²) >= 11 is 0. The molecule has 0 radical (unpaired) electrons. The second kappa shape index (κ2) is 6.09. The number of aryl methyl sites for hydroxylation is 2. The number of aromatic nitrogens is 3. The topological polar surface area (TPSA) is 62.1 Å². The van der Waals surface area contributed by atoms with E-state index in [0.29, 0.717) is 5.95 Å². The second-order valence-corrected chi connectivity index (χ2v) is 4.74. The zero-order valence-electron chi connectivity index (χ0n) is 11.3. The first-order valence-corrected chi connectivity index (χ1v) is 6.90. The van der Waals surface area contributed by atoms with Gasteiger partial charge in [-0.1, -0.05) is 13.8 Å². The Kier molecular flexibility index (Phi) is 4.47. The summed E-state index contributed by atoms with van der Waals surface area (Å²) in [6, 6.07) is 0.151. The molecule has 2 heterocycles. The zero-order valence-corrected chi connectivity index (χ0v) is 11.3. The molecule has 0 aliphatic carbocycles. The van der Waals surface area contributed by atoms with E-state index in [2.05, 4.69) is 33.9 Å². The monoisotopic (exact) mass is 250 g/mol. The van der Waals surface area contributed by atoms with Crippen LogP contribution in [0.2, 0.25) is 0 Å². The average Bonchev–Trinajstić information content (AvgIpc) is 2.46. The number of nitrogens with zero attached hydrogens (tertiary/aromatic N) is 4. The summed E-state index contributed by atoms with van der Waals surface area (Å²) in [6.45, 7) is 5.25. The Balaban J connectivity index is 2.26. The molecule has 18 heavy (non-hydrogen) atoms. The Morgan fingerprint density at radius 1 is 1.17 bits per heavy atom. The van der Waals surface area contributed by atoms with Gasteiger partial charge >= 0.3 is 0 Å². The molecule has 1 aliphatic heterocycles. The quantitative estimate of drug-likeness (QED) is 0.874. The molecule has 2 rings (SSSR count). The summed E-state index contributed by atoms with van der Waals surface area (Å²) in [5.41, 5.74) is 2.02. The third-order valence-electron chi connectivity index (χ3n) is 3.59. The Bertz CT molecular complexity index is 397. The minimum atomic E-state index is 0.151. The van der Waals surface area contributed by atoms with Crippen molar-refractivity contribution in [3.8, 4) is 0 Å². The summed E-state index contributed by atoms with van der Waals surface area (Å²) in [4.78, 5) is 6.73. The number of hydrogen-bond acceptors (Lipinski definition) is 5. The largest absolute Gasteiger partial charge is 0.394 e. The minimum Gasteiger partial charge on any atom is -0.394 e. The van der Waals surface area contributed by atoms with Crippen LogP contribution < -0.4 is 4.90 Å². The molecule has 0 spiro atoms. The van der Waals surface area contributed by atoms with Crippen molar-refractivity contribution in [3.05, 3.63) is 11.4 Å². The number of piperidine rings is 1. The number of anilines is 1. The van der Waals surface area contributed by atoms with Crippen LogP contribution in [0.5, 0.6) is 0 Å². The van der Waals surface area contributed by atoms with Crippen LogP contribution in [0.4, 0.5) is 5.95 Å². The standard InChI is InChI=1S/C13H22N4O/c1-3-11-12(4-2)15-16-13(14-11)17-8-6-5-7-10(17)9-18/h10,18H,3-9H2,1-2H3. The van der Waals surface area contributed by atoms with Crippen molar-refractivity contribution in [2.24, 2.45) is 0 Å². The van der Waals surface area contributed by atoms with Crippen LogP contribution in [0.25, 0.3) is 0 Å². The molecule has 5 heteroatoms. The van der Waals surface area contributed by atoms with Gasteiger partial charge in [0.15, 0.2) is 0 Å². The fourth-order valence-corrected chi connectivity index (χ4v) is 2.50. The van der Waals surface area contributed by atoms with Crippen molar-refractivity contribution in [1.82, 2.24) is 15.2 Å². The Labute approximate surface area is 108 Å². The van der Waals surface area contributed by atoms with Gasteiger partial charge in [0.1, 0.15) is 0 Å². The zero-order chi connectivity index (χ0) is 13.0. The van der Waals surface area contributed by atoms with Gasteiger partial charge in [-0.2, -0.15) is 5.10 Å². The van der Waals surface area contributed by atoms with Gasteiger partial charge in [-0.05, 0) is 32.1 Å². The highest BCUT2D eigenvalue weighted by Gasteiger charge is 2.24. The first kappa shape index (κ1) is 13.2. The van der Waals surface area contributed by atoms with Gasteiger partial charge in [0, 0.05) is 6.54 Å². The van der Waals surface area contributed by atoms with Crippen molar-refractivity contribution in [2.45, 2.75) is 52.0 Å². The van der Waals surface area contributed by atoms with Crippen LogP contribution in [-0.4, -0.2) is 39.5 Å². The maximum Gasteiger partial charge on any atom is 0.245 e. The molecule has 1 aromatic rings. The summed E-state index contributed by atoms with van der Waals surface area (Å²) in [5, 5.41) is 17.9. The van der Waals surface area contributed by atoms with Gasteiger partial charge in [0.25, 0.3) is 0 Å². The van der Waals surface area contributed by atoms with E-state index >= 15 is 0 Å². The van der Waals surface area contributed by atoms with E-state index < -0.39 is 0 Å². The van der Waals surface area contributed by atoms with Crippen LogP contribution in [0.15, 0.2) is 0 Å². The lowest BCUT2D eigenvalue weighted by Gasteiger charge is -2.34. The molecule has 1 N–H and O–H groups in total. The summed E-state index contributed by atoms with van der Waals surface area (Å²) < 4.78 is 0. The molecule has 1 aromatic heterocycles. The Morgan fingerprint density at radius 3 is 2.61 bits per heavy atom. The third kappa shape index (κ3) is 2.61. The average molecular weight is 250 g/mol. The molecule has 0 aromatic carbocycles. The van der Waals surface area contributed by atoms with Crippen molar-refractivity contribution in [2.75, 3.05) is 18.1 Å². The second-order valence-electron chi connectivity index (χ2n) is 4.74. The lowest BCUT2D eigenvalue weighted by atomic mass is 10.0. The van der Waals surface area contributed by atoms with E-state index in [-0.39, 0.29) is 12.6 Å². The molecule has 0 bridgehead atoms. The predicted molar refractivity (Wildman–Crippen MR) is 70.7 cm³/mol. The highest BCUT2D eigenvalue weighted by molar-refractivity contribution is 5.33. The van der Waals surface area contributed by atoms with Gasteiger partial charge in [0.2, 0.25) is 5.95 Å². The number of aliphatic hydroxyl groups is 1. The van der Waals surface area contributed by atoms with Crippen molar-refractivity contribution in [3.63, 3.8) is 0 Å². The maximum absolute atomic E-state index is 9.43. The van der Waals surface area contributed by atoms with E-state index in [9.17, 15) is 5.11 Å². The molecule has 1 aliphatic rings. The lowest BCUT2D eigenvalue weighted by Crippen LogP contribution is -2.43.